The maximum atomic E-state index is 4.65. The first-order valence-corrected chi connectivity index (χ1v) is 6.48. The molecular formula is C15H17N5. The van der Waals surface area contributed by atoms with E-state index in [-0.39, 0.29) is 0 Å². The zero-order valence-corrected chi connectivity index (χ0v) is 11.8. The molecule has 2 heterocycles. The van der Waals surface area contributed by atoms with Crippen molar-refractivity contribution >= 4 is 17.2 Å². The molecule has 5 heteroatoms. The third-order valence-electron chi connectivity index (χ3n) is 3.27. The second-order valence-corrected chi connectivity index (χ2v) is 4.83. The maximum Gasteiger partial charge on any atom is 0.180 e. The highest BCUT2D eigenvalue weighted by Gasteiger charge is 2.08. The van der Waals surface area contributed by atoms with Gasteiger partial charge in [0.2, 0.25) is 0 Å². The molecule has 0 aliphatic carbocycles. The van der Waals surface area contributed by atoms with E-state index in [1.165, 1.54) is 0 Å². The lowest BCUT2D eigenvalue weighted by Crippen LogP contribution is -2.08. The molecule has 0 fully saturated rings. The van der Waals surface area contributed by atoms with E-state index in [1.807, 2.05) is 44.0 Å². The first kappa shape index (κ1) is 12.5. The van der Waals surface area contributed by atoms with Gasteiger partial charge in [0, 0.05) is 51.0 Å². The van der Waals surface area contributed by atoms with E-state index in [2.05, 4.69) is 38.4 Å². The molecule has 0 aliphatic heterocycles. The molecule has 0 unspecified atom stereocenters. The van der Waals surface area contributed by atoms with Gasteiger partial charge in [0.05, 0.1) is 5.69 Å². The second kappa shape index (κ2) is 4.85. The molecule has 1 N–H and O–H groups in total. The molecule has 0 radical (unpaired) electrons. The molecule has 0 saturated heterocycles. The van der Waals surface area contributed by atoms with Crippen molar-refractivity contribution in [2.24, 2.45) is 0 Å². The summed E-state index contributed by atoms with van der Waals surface area (Å²) < 4.78 is 1.98. The van der Waals surface area contributed by atoms with Crippen LogP contribution in [-0.2, 0) is 0 Å². The average molecular weight is 267 g/mol. The van der Waals surface area contributed by atoms with E-state index >= 15 is 0 Å². The van der Waals surface area contributed by atoms with Crippen LogP contribution in [0.5, 0.6) is 0 Å². The zero-order chi connectivity index (χ0) is 14.1. The lowest BCUT2D eigenvalue weighted by atomic mass is 10.1. The van der Waals surface area contributed by atoms with Crippen LogP contribution in [0.2, 0.25) is 0 Å². The van der Waals surface area contributed by atoms with Gasteiger partial charge in [0.1, 0.15) is 0 Å². The molecule has 0 bridgehead atoms. The standard InChI is InChI=1S/C15H17N5/c1-16-14-15-17-7-8-20(15)10-13(18-14)11-5-4-6-12(9-11)19(2)3/h4-10H,1-3H3,(H,16,18). The first-order valence-electron chi connectivity index (χ1n) is 6.48. The minimum Gasteiger partial charge on any atom is -0.378 e. The van der Waals surface area contributed by atoms with Crippen LogP contribution < -0.4 is 10.2 Å². The van der Waals surface area contributed by atoms with Crippen molar-refractivity contribution < 1.29 is 0 Å². The van der Waals surface area contributed by atoms with Crippen molar-refractivity contribution in [3.8, 4) is 11.3 Å². The highest BCUT2D eigenvalue weighted by Crippen LogP contribution is 2.24. The normalized spacial score (nSPS) is 10.8. The number of fused-ring (bicyclic) bond motifs is 1. The van der Waals surface area contributed by atoms with Crippen molar-refractivity contribution in [1.29, 1.82) is 0 Å². The second-order valence-electron chi connectivity index (χ2n) is 4.83. The van der Waals surface area contributed by atoms with Crippen LogP contribution in [0.25, 0.3) is 16.9 Å². The SMILES string of the molecule is CNc1nc(-c2cccc(N(C)C)c2)cn2ccnc12. The van der Waals surface area contributed by atoms with Gasteiger partial charge in [-0.3, -0.25) is 0 Å². The first-order chi connectivity index (χ1) is 9.69. The largest absolute Gasteiger partial charge is 0.378 e. The van der Waals surface area contributed by atoms with E-state index < -0.39 is 0 Å². The molecule has 0 spiro atoms. The van der Waals surface area contributed by atoms with Crippen LogP contribution in [0.4, 0.5) is 11.5 Å². The van der Waals surface area contributed by atoms with Gasteiger partial charge < -0.3 is 14.6 Å². The van der Waals surface area contributed by atoms with Crippen molar-refractivity contribution in [2.45, 2.75) is 0 Å². The van der Waals surface area contributed by atoms with E-state index in [0.29, 0.717) is 0 Å². The Hall–Kier alpha value is -2.56. The number of nitrogens with one attached hydrogen (secondary N) is 1. The fourth-order valence-electron chi connectivity index (χ4n) is 2.18. The summed E-state index contributed by atoms with van der Waals surface area (Å²) in [6.45, 7) is 0. The Morgan fingerprint density at radius 1 is 1.25 bits per heavy atom. The van der Waals surface area contributed by atoms with Gasteiger partial charge in [0.25, 0.3) is 0 Å². The Balaban J connectivity index is 2.16. The number of imidazole rings is 1. The molecular weight excluding hydrogens is 250 g/mol. The monoisotopic (exact) mass is 267 g/mol. The molecule has 3 rings (SSSR count). The summed E-state index contributed by atoms with van der Waals surface area (Å²) in [5.74, 6) is 0.780. The van der Waals surface area contributed by atoms with E-state index in [9.17, 15) is 0 Å². The average Bonchev–Trinajstić information content (AvgIpc) is 2.94. The van der Waals surface area contributed by atoms with Crippen LogP contribution >= 0.6 is 0 Å². The lowest BCUT2D eigenvalue weighted by Gasteiger charge is -2.14. The third kappa shape index (κ3) is 2.07. The number of hydrogen-bond donors (Lipinski definition) is 1. The van der Waals surface area contributed by atoms with Gasteiger partial charge in [-0.05, 0) is 12.1 Å². The van der Waals surface area contributed by atoms with Crippen molar-refractivity contribution in [3.05, 3.63) is 42.9 Å². The molecule has 0 saturated carbocycles. The number of aromatic nitrogens is 3. The fraction of sp³-hybridized carbons (Fsp3) is 0.200. The van der Waals surface area contributed by atoms with Crippen LogP contribution in [0.15, 0.2) is 42.9 Å². The van der Waals surface area contributed by atoms with Gasteiger partial charge in [-0.15, -0.1) is 0 Å². The van der Waals surface area contributed by atoms with E-state index in [4.69, 9.17) is 0 Å². The molecule has 2 aromatic heterocycles. The number of hydrogen-bond acceptors (Lipinski definition) is 4. The van der Waals surface area contributed by atoms with Crippen LogP contribution in [0, 0.1) is 0 Å². The zero-order valence-electron chi connectivity index (χ0n) is 11.8. The summed E-state index contributed by atoms with van der Waals surface area (Å²) >= 11 is 0. The third-order valence-corrected chi connectivity index (χ3v) is 3.27. The molecule has 0 atom stereocenters. The highest BCUT2D eigenvalue weighted by molar-refractivity contribution is 5.71. The topological polar surface area (TPSA) is 45.5 Å². The van der Waals surface area contributed by atoms with Gasteiger partial charge in [0.15, 0.2) is 11.5 Å². The number of rotatable bonds is 3. The van der Waals surface area contributed by atoms with Gasteiger partial charge in [-0.25, -0.2) is 9.97 Å². The molecule has 1 aromatic carbocycles. The van der Waals surface area contributed by atoms with Crippen molar-refractivity contribution in [3.63, 3.8) is 0 Å². The molecule has 102 valence electrons. The summed E-state index contributed by atoms with van der Waals surface area (Å²) in [6.07, 6.45) is 5.70. The summed E-state index contributed by atoms with van der Waals surface area (Å²) in [7, 11) is 5.92. The lowest BCUT2D eigenvalue weighted by molar-refractivity contribution is 1.12. The predicted octanol–water partition coefficient (Wildman–Crippen LogP) is 2.50. The molecule has 3 aromatic rings. The van der Waals surface area contributed by atoms with Crippen LogP contribution in [0.3, 0.4) is 0 Å². The fourth-order valence-corrected chi connectivity index (χ4v) is 2.18. The minimum atomic E-state index is 0.780. The van der Waals surface area contributed by atoms with Gasteiger partial charge >= 0.3 is 0 Å². The number of benzene rings is 1. The van der Waals surface area contributed by atoms with E-state index in [1.54, 1.807) is 6.20 Å². The highest BCUT2D eigenvalue weighted by atomic mass is 15.1. The van der Waals surface area contributed by atoms with Gasteiger partial charge in [-0.2, -0.15) is 0 Å². The summed E-state index contributed by atoms with van der Waals surface area (Å²) in [4.78, 5) is 11.0. The number of nitrogens with zero attached hydrogens (tertiary/aromatic N) is 4. The van der Waals surface area contributed by atoms with Crippen molar-refractivity contribution in [2.75, 3.05) is 31.4 Å². The van der Waals surface area contributed by atoms with Crippen LogP contribution in [0.1, 0.15) is 0 Å². The number of anilines is 2. The quantitative estimate of drug-likeness (QED) is 0.792. The summed E-state index contributed by atoms with van der Waals surface area (Å²) in [5.41, 5.74) is 3.99. The maximum absolute atomic E-state index is 4.65. The molecule has 0 amide bonds. The molecule has 0 aliphatic rings. The Morgan fingerprint density at radius 2 is 2.10 bits per heavy atom. The van der Waals surface area contributed by atoms with E-state index in [0.717, 1.165) is 28.4 Å². The molecule has 20 heavy (non-hydrogen) atoms. The Labute approximate surface area is 117 Å². The van der Waals surface area contributed by atoms with Gasteiger partial charge in [-0.1, -0.05) is 12.1 Å². The summed E-state index contributed by atoms with van der Waals surface area (Å²) in [6, 6.07) is 8.32. The Bertz CT molecular complexity index is 745. The Kier molecular flexibility index (Phi) is 3.02. The van der Waals surface area contributed by atoms with Crippen molar-refractivity contribution in [1.82, 2.24) is 14.4 Å². The summed E-state index contributed by atoms with van der Waals surface area (Å²) in [5, 5.41) is 3.10. The smallest absolute Gasteiger partial charge is 0.180 e. The Morgan fingerprint density at radius 3 is 2.85 bits per heavy atom. The predicted molar refractivity (Wildman–Crippen MR) is 82.3 cm³/mol. The minimum absolute atomic E-state index is 0.780. The molecule has 5 nitrogen and oxygen atoms in total. The van der Waals surface area contributed by atoms with Crippen LogP contribution in [-0.4, -0.2) is 35.5 Å².